The maximum absolute atomic E-state index is 14.6. The number of anilines is 1. The van der Waals surface area contributed by atoms with Crippen molar-refractivity contribution in [3.8, 4) is 21.8 Å². The lowest BCUT2D eigenvalue weighted by atomic mass is 10.1. The number of rotatable bonds is 6. The fourth-order valence-electron chi connectivity index (χ4n) is 3.06. The Morgan fingerprint density at radius 1 is 1.00 bits per heavy atom. The van der Waals surface area contributed by atoms with Crippen molar-refractivity contribution >= 4 is 38.6 Å². The lowest BCUT2D eigenvalue weighted by molar-refractivity contribution is 0.550. The number of halogens is 4. The Kier molecular flexibility index (Phi) is 6.61. The van der Waals surface area contributed by atoms with Gasteiger partial charge < -0.3 is 0 Å². The van der Waals surface area contributed by atoms with Crippen molar-refractivity contribution in [1.29, 1.82) is 0 Å². The molecule has 0 spiro atoms. The summed E-state index contributed by atoms with van der Waals surface area (Å²) >= 11 is 7.31. The van der Waals surface area contributed by atoms with E-state index in [-0.39, 0.29) is 11.2 Å². The van der Waals surface area contributed by atoms with E-state index in [1.165, 1.54) is 29.7 Å². The van der Waals surface area contributed by atoms with E-state index in [1.54, 1.807) is 6.07 Å². The lowest BCUT2D eigenvalue weighted by Crippen LogP contribution is -2.15. The molecule has 0 fully saturated rings. The quantitative estimate of drug-likeness (QED) is 0.301. The van der Waals surface area contributed by atoms with Crippen LogP contribution in [-0.4, -0.2) is 23.4 Å². The van der Waals surface area contributed by atoms with Gasteiger partial charge in [0.05, 0.1) is 27.0 Å². The molecule has 0 aliphatic heterocycles. The van der Waals surface area contributed by atoms with Gasteiger partial charge in [-0.25, -0.2) is 36.5 Å². The van der Waals surface area contributed by atoms with Crippen molar-refractivity contribution in [3.63, 3.8) is 0 Å². The van der Waals surface area contributed by atoms with Gasteiger partial charge >= 0.3 is 0 Å². The summed E-state index contributed by atoms with van der Waals surface area (Å²) in [5, 5.41) is 0.816. The molecule has 2 aromatic heterocycles. The molecule has 176 valence electrons. The first-order valence-corrected chi connectivity index (χ1v) is 12.5. The van der Waals surface area contributed by atoms with Gasteiger partial charge in [0, 0.05) is 23.7 Å². The normalized spacial score (nSPS) is 11.7. The van der Waals surface area contributed by atoms with Crippen LogP contribution in [0.4, 0.5) is 18.9 Å². The number of benzene rings is 2. The number of nitrogens with one attached hydrogen (secondary N) is 1. The van der Waals surface area contributed by atoms with E-state index in [9.17, 15) is 21.6 Å². The first kappa shape index (κ1) is 24.1. The molecule has 4 rings (SSSR count). The summed E-state index contributed by atoms with van der Waals surface area (Å²) in [6.07, 6.45) is 1.49. The van der Waals surface area contributed by atoms with Gasteiger partial charge in [-0.3, -0.25) is 4.72 Å². The Bertz CT molecular complexity index is 1490. The van der Waals surface area contributed by atoms with Crippen LogP contribution in [0.15, 0.2) is 53.6 Å². The van der Waals surface area contributed by atoms with E-state index in [0.717, 1.165) is 23.2 Å². The van der Waals surface area contributed by atoms with Crippen LogP contribution in [0, 0.1) is 17.5 Å². The van der Waals surface area contributed by atoms with Crippen LogP contribution in [0.5, 0.6) is 0 Å². The maximum atomic E-state index is 14.6. The Balaban J connectivity index is 1.80. The Hall–Kier alpha value is -3.02. The first-order valence-electron chi connectivity index (χ1n) is 9.82. The van der Waals surface area contributed by atoms with E-state index >= 15 is 0 Å². The third-order valence-electron chi connectivity index (χ3n) is 4.66. The molecule has 0 unspecified atom stereocenters. The highest BCUT2D eigenvalue weighted by Crippen LogP contribution is 2.39. The molecule has 4 aromatic rings. The van der Waals surface area contributed by atoms with E-state index < -0.39 is 38.1 Å². The highest BCUT2D eigenvalue weighted by atomic mass is 35.5. The zero-order valence-electron chi connectivity index (χ0n) is 17.7. The third kappa shape index (κ3) is 4.91. The van der Waals surface area contributed by atoms with Crippen LogP contribution in [0.3, 0.4) is 0 Å². The lowest BCUT2D eigenvalue weighted by Gasteiger charge is -2.11. The Morgan fingerprint density at radius 3 is 2.44 bits per heavy atom. The second kappa shape index (κ2) is 9.32. The molecule has 0 aliphatic carbocycles. The molecule has 34 heavy (non-hydrogen) atoms. The maximum Gasteiger partial charge on any atom is 0.264 e. The number of hydrogen-bond acceptors (Lipinski definition) is 6. The summed E-state index contributed by atoms with van der Waals surface area (Å²) in [7, 11) is -4.55. The topological polar surface area (TPSA) is 84.8 Å². The molecule has 0 radical (unpaired) electrons. The van der Waals surface area contributed by atoms with Gasteiger partial charge in [-0.2, -0.15) is 0 Å². The largest absolute Gasteiger partial charge is 0.277 e. The minimum atomic E-state index is -4.55. The number of aromatic nitrogens is 3. The molecule has 0 atom stereocenters. The van der Waals surface area contributed by atoms with Gasteiger partial charge in [-0.15, -0.1) is 11.3 Å². The molecular formula is C22H16ClF3N4O2S2. The third-order valence-corrected chi connectivity index (χ3v) is 7.62. The molecule has 12 heteroatoms. The molecule has 0 saturated carbocycles. The zero-order chi connectivity index (χ0) is 24.6. The average molecular weight is 525 g/mol. The number of sulfonamides is 1. The number of thiazole rings is 1. The van der Waals surface area contributed by atoms with Crippen LogP contribution in [0.1, 0.15) is 24.8 Å². The molecular weight excluding hydrogens is 509 g/mol. The minimum absolute atomic E-state index is 0.0387. The SMILES string of the molecule is CC(C)c1nc(-c2ccc(F)c(NS(=O)(=O)c3ccc(F)cc3F)c2)c(-c2ccnc(Cl)n2)s1. The Morgan fingerprint density at radius 2 is 1.76 bits per heavy atom. The van der Waals surface area contributed by atoms with Crippen LogP contribution in [0.25, 0.3) is 21.8 Å². The smallest absolute Gasteiger partial charge is 0.264 e. The highest BCUT2D eigenvalue weighted by molar-refractivity contribution is 7.92. The van der Waals surface area contributed by atoms with Crippen molar-refractivity contribution < 1.29 is 21.6 Å². The van der Waals surface area contributed by atoms with Crippen molar-refractivity contribution in [2.75, 3.05) is 4.72 Å². The molecule has 1 N–H and O–H groups in total. The standard InChI is InChI=1S/C22H16ClF3N4O2S2/c1-11(2)21-29-19(20(33-21)16-7-8-27-22(23)28-16)12-3-5-14(25)17(9-12)30-34(31,32)18-6-4-13(24)10-15(18)26/h3-11,30H,1-2H3. The van der Waals surface area contributed by atoms with E-state index in [0.29, 0.717) is 27.9 Å². The second-order valence-corrected chi connectivity index (χ2v) is 10.5. The fraction of sp³-hybridized carbons (Fsp3) is 0.136. The van der Waals surface area contributed by atoms with Gasteiger partial charge in [0.15, 0.2) is 0 Å². The van der Waals surface area contributed by atoms with Gasteiger partial charge in [-0.05, 0) is 48.0 Å². The van der Waals surface area contributed by atoms with Crippen molar-refractivity contribution in [2.45, 2.75) is 24.7 Å². The predicted octanol–water partition coefficient (Wildman–Crippen LogP) is 6.26. The minimum Gasteiger partial charge on any atom is -0.277 e. The summed E-state index contributed by atoms with van der Waals surface area (Å²) < 4.78 is 69.2. The summed E-state index contributed by atoms with van der Waals surface area (Å²) in [6, 6.07) is 7.41. The molecule has 2 aromatic carbocycles. The summed E-state index contributed by atoms with van der Waals surface area (Å²) in [5.41, 5.74) is 0.912. The van der Waals surface area contributed by atoms with E-state index in [2.05, 4.69) is 15.0 Å². The first-order chi connectivity index (χ1) is 16.0. The van der Waals surface area contributed by atoms with Crippen molar-refractivity contribution in [1.82, 2.24) is 15.0 Å². The summed E-state index contributed by atoms with van der Waals surface area (Å²) in [5.74, 6) is -3.05. The van der Waals surface area contributed by atoms with Crippen LogP contribution >= 0.6 is 22.9 Å². The molecule has 0 bridgehead atoms. The summed E-state index contributed by atoms with van der Waals surface area (Å²) in [6.45, 7) is 3.92. The number of nitrogens with zero attached hydrogens (tertiary/aromatic N) is 3. The summed E-state index contributed by atoms with van der Waals surface area (Å²) in [4.78, 5) is 12.6. The van der Waals surface area contributed by atoms with Crippen molar-refractivity contribution in [3.05, 3.63) is 76.4 Å². The van der Waals surface area contributed by atoms with Gasteiger partial charge in [0.25, 0.3) is 10.0 Å². The molecule has 2 heterocycles. The van der Waals surface area contributed by atoms with E-state index in [1.807, 2.05) is 18.6 Å². The molecule has 0 amide bonds. The highest BCUT2D eigenvalue weighted by Gasteiger charge is 2.23. The number of hydrogen-bond donors (Lipinski definition) is 1. The monoisotopic (exact) mass is 524 g/mol. The van der Waals surface area contributed by atoms with Crippen LogP contribution in [0.2, 0.25) is 5.28 Å². The average Bonchev–Trinajstić information content (AvgIpc) is 3.21. The van der Waals surface area contributed by atoms with Gasteiger partial charge in [0.1, 0.15) is 22.3 Å². The van der Waals surface area contributed by atoms with Crippen LogP contribution in [-0.2, 0) is 10.0 Å². The van der Waals surface area contributed by atoms with Crippen LogP contribution < -0.4 is 4.72 Å². The second-order valence-electron chi connectivity index (χ2n) is 7.47. The Labute approximate surface area is 202 Å². The molecule has 0 saturated heterocycles. The zero-order valence-corrected chi connectivity index (χ0v) is 20.1. The van der Waals surface area contributed by atoms with Crippen molar-refractivity contribution in [2.24, 2.45) is 0 Å². The van der Waals surface area contributed by atoms with E-state index in [4.69, 9.17) is 11.6 Å². The van der Waals surface area contributed by atoms with Gasteiger partial charge in [-0.1, -0.05) is 13.8 Å². The fourth-order valence-corrected chi connectivity index (χ4v) is 5.38. The van der Waals surface area contributed by atoms with Gasteiger partial charge in [0.2, 0.25) is 5.28 Å². The molecule has 0 aliphatic rings. The molecule has 6 nitrogen and oxygen atoms in total. The predicted molar refractivity (Wildman–Crippen MR) is 125 cm³/mol.